The van der Waals surface area contributed by atoms with Gasteiger partial charge in [0.05, 0.1) is 28.8 Å². The van der Waals surface area contributed by atoms with E-state index in [4.69, 9.17) is 27.9 Å². The summed E-state index contributed by atoms with van der Waals surface area (Å²) in [4.78, 5) is 12.7. The summed E-state index contributed by atoms with van der Waals surface area (Å²) < 4.78 is 31.9. The molecule has 0 bridgehead atoms. The van der Waals surface area contributed by atoms with Gasteiger partial charge in [0.2, 0.25) is 5.91 Å². The maximum atomic E-state index is 13.2. The van der Waals surface area contributed by atoms with E-state index >= 15 is 0 Å². The Bertz CT molecular complexity index is 1030. The van der Waals surface area contributed by atoms with Gasteiger partial charge in [-0.1, -0.05) is 18.2 Å². The number of benzene rings is 2. The number of nitrogens with zero attached hydrogens (tertiary/aromatic N) is 1. The van der Waals surface area contributed by atoms with Gasteiger partial charge in [0.15, 0.2) is 0 Å². The second-order valence-electron chi connectivity index (χ2n) is 7.03. The predicted octanol–water partition coefficient (Wildman–Crippen LogP) is 4.43. The Balaban J connectivity index is 1.96. The van der Waals surface area contributed by atoms with Crippen molar-refractivity contribution in [2.45, 2.75) is 29.5 Å². The summed E-state index contributed by atoms with van der Waals surface area (Å²) in [6.45, 7) is 3.66. The van der Waals surface area contributed by atoms with Crippen LogP contribution in [-0.2, 0) is 14.8 Å². The van der Waals surface area contributed by atoms with Crippen molar-refractivity contribution in [2.75, 3.05) is 23.3 Å². The predicted molar refractivity (Wildman–Crippen MR) is 115 cm³/mol. The molecule has 0 aliphatic heterocycles. The minimum atomic E-state index is -3.86. The van der Waals surface area contributed by atoms with Crippen molar-refractivity contribution in [3.8, 4) is 5.75 Å². The zero-order valence-electron chi connectivity index (χ0n) is 16.3. The summed E-state index contributed by atoms with van der Waals surface area (Å²) in [7, 11) is -2.42. The first-order chi connectivity index (χ1) is 13.6. The van der Waals surface area contributed by atoms with Crippen molar-refractivity contribution in [3.63, 3.8) is 0 Å². The van der Waals surface area contributed by atoms with Gasteiger partial charge in [-0.2, -0.15) is 0 Å². The van der Waals surface area contributed by atoms with E-state index in [2.05, 4.69) is 5.32 Å². The van der Waals surface area contributed by atoms with Crippen molar-refractivity contribution in [2.24, 2.45) is 5.41 Å². The SMILES string of the molecule is CCN(c1ccccc1)S(=O)(=O)c1ccc(OC)c(NC(=O)C2(C)CC2(Cl)Cl)c1. The Morgan fingerprint density at radius 3 is 2.34 bits per heavy atom. The molecule has 1 amide bonds. The molecule has 1 N–H and O–H groups in total. The molecule has 1 saturated carbocycles. The second-order valence-corrected chi connectivity index (χ2v) is 10.4. The Kier molecular flexibility index (Phi) is 5.77. The molecular weight excluding hydrogens is 435 g/mol. The number of halogens is 2. The number of rotatable bonds is 7. The van der Waals surface area contributed by atoms with Crippen LogP contribution in [0, 0.1) is 5.41 Å². The van der Waals surface area contributed by atoms with E-state index in [9.17, 15) is 13.2 Å². The molecule has 1 aliphatic rings. The number of carbonyl (C=O) groups is 1. The van der Waals surface area contributed by atoms with Gasteiger partial charge in [0, 0.05) is 6.54 Å². The van der Waals surface area contributed by atoms with E-state index in [1.807, 2.05) is 6.07 Å². The third-order valence-corrected chi connectivity index (χ3v) is 8.10. The normalized spacial score (nSPS) is 20.0. The fraction of sp³-hybridized carbons (Fsp3) is 0.350. The number of methoxy groups -OCH3 is 1. The smallest absolute Gasteiger partial charge is 0.264 e. The number of para-hydroxylation sites is 1. The third kappa shape index (κ3) is 3.91. The topological polar surface area (TPSA) is 75.7 Å². The lowest BCUT2D eigenvalue weighted by atomic mass is 10.1. The highest BCUT2D eigenvalue weighted by atomic mass is 35.5. The molecular formula is C20H22Cl2N2O4S. The van der Waals surface area contributed by atoms with Crippen LogP contribution in [0.4, 0.5) is 11.4 Å². The van der Waals surface area contributed by atoms with Crippen LogP contribution in [0.1, 0.15) is 20.3 Å². The summed E-state index contributed by atoms with van der Waals surface area (Å²) in [5, 5.41) is 2.71. The Hall–Kier alpha value is -1.96. The molecule has 1 unspecified atom stereocenters. The van der Waals surface area contributed by atoms with Crippen LogP contribution < -0.4 is 14.4 Å². The second kappa shape index (κ2) is 7.70. The molecule has 0 radical (unpaired) electrons. The molecule has 1 atom stereocenters. The van der Waals surface area contributed by atoms with Crippen molar-refractivity contribution in [1.82, 2.24) is 0 Å². The molecule has 0 saturated heterocycles. The number of amides is 1. The van der Waals surface area contributed by atoms with E-state index in [1.54, 1.807) is 38.1 Å². The quantitative estimate of drug-likeness (QED) is 0.624. The molecule has 29 heavy (non-hydrogen) atoms. The largest absolute Gasteiger partial charge is 0.495 e. The maximum absolute atomic E-state index is 13.2. The highest BCUT2D eigenvalue weighted by Gasteiger charge is 2.68. The zero-order valence-corrected chi connectivity index (χ0v) is 18.6. The summed E-state index contributed by atoms with van der Waals surface area (Å²) >= 11 is 12.2. The molecule has 2 aromatic carbocycles. The standard InChI is InChI=1S/C20H22Cl2N2O4S/c1-4-24(14-8-6-5-7-9-14)29(26,27)15-10-11-17(28-3)16(12-15)23-18(25)19(2)13-20(19,21)22/h5-12H,4,13H2,1-3H3,(H,23,25). The summed E-state index contributed by atoms with van der Waals surface area (Å²) in [6.07, 6.45) is 0.312. The van der Waals surface area contributed by atoms with E-state index in [1.165, 1.54) is 29.6 Å². The van der Waals surface area contributed by atoms with Crippen LogP contribution in [0.25, 0.3) is 0 Å². The molecule has 1 aliphatic carbocycles. The molecule has 0 spiro atoms. The van der Waals surface area contributed by atoms with Crippen LogP contribution in [-0.4, -0.2) is 32.3 Å². The summed E-state index contributed by atoms with van der Waals surface area (Å²) in [6, 6.07) is 13.1. The molecule has 9 heteroatoms. The molecule has 0 aromatic heterocycles. The number of anilines is 2. The number of hydrogen-bond donors (Lipinski definition) is 1. The van der Waals surface area contributed by atoms with Gasteiger partial charge in [-0.3, -0.25) is 9.10 Å². The monoisotopic (exact) mass is 456 g/mol. The first-order valence-electron chi connectivity index (χ1n) is 9.02. The van der Waals surface area contributed by atoms with Crippen molar-refractivity contribution in [1.29, 1.82) is 0 Å². The van der Waals surface area contributed by atoms with Gasteiger partial charge < -0.3 is 10.1 Å². The number of sulfonamides is 1. The van der Waals surface area contributed by atoms with Crippen molar-refractivity contribution < 1.29 is 17.9 Å². The van der Waals surface area contributed by atoms with E-state index < -0.39 is 25.7 Å². The average Bonchev–Trinajstić information content (AvgIpc) is 3.22. The Labute approximate surface area is 180 Å². The number of hydrogen-bond acceptors (Lipinski definition) is 4. The van der Waals surface area contributed by atoms with Gasteiger partial charge in [-0.15, -0.1) is 23.2 Å². The third-order valence-electron chi connectivity index (χ3n) is 5.10. The number of carbonyl (C=O) groups excluding carboxylic acids is 1. The lowest BCUT2D eigenvalue weighted by Gasteiger charge is -2.23. The fourth-order valence-corrected chi connectivity index (χ4v) is 5.27. The van der Waals surface area contributed by atoms with Gasteiger partial charge in [-0.25, -0.2) is 8.42 Å². The molecule has 6 nitrogen and oxygen atoms in total. The number of alkyl halides is 2. The lowest BCUT2D eigenvalue weighted by Crippen LogP contribution is -2.31. The number of ether oxygens (including phenoxy) is 1. The van der Waals surface area contributed by atoms with Crippen LogP contribution in [0.15, 0.2) is 53.4 Å². The minimum Gasteiger partial charge on any atom is -0.495 e. The zero-order chi connectivity index (χ0) is 21.4. The Morgan fingerprint density at radius 2 is 1.83 bits per heavy atom. The lowest BCUT2D eigenvalue weighted by molar-refractivity contribution is -0.120. The van der Waals surface area contributed by atoms with Gasteiger partial charge >= 0.3 is 0 Å². The van der Waals surface area contributed by atoms with Crippen LogP contribution in [0.5, 0.6) is 5.75 Å². The average molecular weight is 457 g/mol. The maximum Gasteiger partial charge on any atom is 0.264 e. The van der Waals surface area contributed by atoms with Gasteiger partial charge in [-0.05, 0) is 50.6 Å². The molecule has 1 fully saturated rings. The summed E-state index contributed by atoms with van der Waals surface area (Å²) in [5.74, 6) is -0.0650. The van der Waals surface area contributed by atoms with E-state index in [0.717, 1.165) is 0 Å². The van der Waals surface area contributed by atoms with Gasteiger partial charge in [0.1, 0.15) is 10.1 Å². The minimum absolute atomic E-state index is 0.0308. The van der Waals surface area contributed by atoms with Crippen molar-refractivity contribution >= 4 is 50.5 Å². The molecule has 0 heterocycles. The molecule has 2 aromatic rings. The highest BCUT2D eigenvalue weighted by molar-refractivity contribution is 7.92. The molecule has 156 valence electrons. The first-order valence-corrected chi connectivity index (χ1v) is 11.2. The number of nitrogens with one attached hydrogen (secondary N) is 1. The molecule has 3 rings (SSSR count). The van der Waals surface area contributed by atoms with Gasteiger partial charge in [0.25, 0.3) is 10.0 Å². The van der Waals surface area contributed by atoms with E-state index in [0.29, 0.717) is 17.9 Å². The van der Waals surface area contributed by atoms with E-state index in [-0.39, 0.29) is 17.1 Å². The highest BCUT2D eigenvalue weighted by Crippen LogP contribution is 2.64. The fourth-order valence-electron chi connectivity index (χ4n) is 3.06. The van der Waals surface area contributed by atoms with Crippen LogP contribution in [0.2, 0.25) is 0 Å². The summed E-state index contributed by atoms with van der Waals surface area (Å²) in [5.41, 5.74) is -0.161. The van der Waals surface area contributed by atoms with Crippen molar-refractivity contribution in [3.05, 3.63) is 48.5 Å². The van der Waals surface area contributed by atoms with Crippen LogP contribution in [0.3, 0.4) is 0 Å². The Morgan fingerprint density at radius 1 is 1.21 bits per heavy atom. The first kappa shape index (κ1) is 21.7. The van der Waals surface area contributed by atoms with Crippen LogP contribution >= 0.6 is 23.2 Å².